The first-order chi connectivity index (χ1) is 12.1. The number of halogens is 4. The van der Waals surface area contributed by atoms with Crippen molar-refractivity contribution in [3.8, 4) is 0 Å². The van der Waals surface area contributed by atoms with Gasteiger partial charge in [0.25, 0.3) is 6.01 Å². The Labute approximate surface area is 151 Å². The van der Waals surface area contributed by atoms with Crippen molar-refractivity contribution in [1.82, 2.24) is 4.98 Å². The molecule has 0 aliphatic heterocycles. The lowest BCUT2D eigenvalue weighted by Gasteiger charge is -2.10. The van der Waals surface area contributed by atoms with E-state index < -0.39 is 26.6 Å². The summed E-state index contributed by atoms with van der Waals surface area (Å²) in [5.74, 6) is -0.0630. The van der Waals surface area contributed by atoms with Crippen molar-refractivity contribution >= 4 is 44.2 Å². The van der Waals surface area contributed by atoms with Crippen molar-refractivity contribution < 1.29 is 26.0 Å². The molecule has 0 saturated carbocycles. The molecule has 3 rings (SSSR count). The third-order valence-electron chi connectivity index (χ3n) is 3.62. The highest BCUT2D eigenvalue weighted by Crippen LogP contribution is 2.37. The Balaban J connectivity index is 1.95. The molecule has 0 spiro atoms. The number of sulfone groups is 1. The third kappa shape index (κ3) is 3.63. The highest BCUT2D eigenvalue weighted by atomic mass is 35.5. The summed E-state index contributed by atoms with van der Waals surface area (Å²) in [4.78, 5) is 4.17. The van der Waals surface area contributed by atoms with E-state index in [0.717, 1.165) is 12.1 Å². The number of nitrogens with zero attached hydrogens (tertiary/aromatic N) is 1. The van der Waals surface area contributed by atoms with Crippen molar-refractivity contribution in [2.45, 2.75) is 18.0 Å². The van der Waals surface area contributed by atoms with Crippen LogP contribution in [0.25, 0.3) is 11.1 Å². The van der Waals surface area contributed by atoms with E-state index in [1.54, 1.807) is 0 Å². The van der Waals surface area contributed by atoms with E-state index in [1.165, 1.54) is 31.2 Å². The van der Waals surface area contributed by atoms with Crippen molar-refractivity contribution in [2.24, 2.45) is 0 Å². The molecule has 0 radical (unpaired) electrons. The van der Waals surface area contributed by atoms with E-state index in [9.17, 15) is 21.6 Å². The first-order valence-corrected chi connectivity index (χ1v) is 9.40. The average molecular weight is 405 g/mol. The molecule has 0 aliphatic rings. The van der Waals surface area contributed by atoms with Crippen molar-refractivity contribution in [1.29, 1.82) is 0 Å². The second kappa shape index (κ2) is 6.48. The Kier molecular flexibility index (Phi) is 4.61. The molecule has 1 N–H and O–H groups in total. The summed E-state index contributed by atoms with van der Waals surface area (Å²) >= 11 is 5.58. The second-order valence-electron chi connectivity index (χ2n) is 5.37. The Morgan fingerprint density at radius 3 is 2.58 bits per heavy atom. The van der Waals surface area contributed by atoms with Crippen LogP contribution in [0.4, 0.5) is 24.9 Å². The zero-order chi connectivity index (χ0) is 19.1. The summed E-state index contributed by atoms with van der Waals surface area (Å²) in [7, 11) is -3.41. The Morgan fingerprint density at radius 2 is 1.92 bits per heavy atom. The Hall–Kier alpha value is -2.26. The van der Waals surface area contributed by atoms with Gasteiger partial charge in [-0.25, -0.2) is 8.42 Å². The number of hydrogen-bond acceptors (Lipinski definition) is 5. The van der Waals surface area contributed by atoms with Crippen LogP contribution in [0.15, 0.2) is 45.7 Å². The largest absolute Gasteiger partial charge is 0.423 e. The van der Waals surface area contributed by atoms with Crippen LogP contribution in [-0.2, 0) is 16.0 Å². The van der Waals surface area contributed by atoms with Crippen LogP contribution in [0.2, 0.25) is 5.02 Å². The number of nitrogens with one attached hydrogen (secondary N) is 1. The number of benzene rings is 2. The van der Waals surface area contributed by atoms with Gasteiger partial charge in [0.2, 0.25) is 0 Å². The summed E-state index contributed by atoms with van der Waals surface area (Å²) < 4.78 is 68.0. The molecular formula is C16H12ClF3N2O3S. The molecule has 0 fully saturated rings. The normalized spacial score (nSPS) is 12.5. The van der Waals surface area contributed by atoms with Crippen molar-refractivity contribution in [3.05, 3.63) is 47.0 Å². The first kappa shape index (κ1) is 18.5. The minimum atomic E-state index is -4.60. The molecule has 0 unspecified atom stereocenters. The van der Waals surface area contributed by atoms with E-state index >= 15 is 0 Å². The summed E-state index contributed by atoms with van der Waals surface area (Å²) in [6.45, 7) is 1.52. The maximum absolute atomic E-state index is 12.9. The molecule has 0 saturated heterocycles. The number of hydrogen-bond donors (Lipinski definition) is 1. The van der Waals surface area contributed by atoms with Gasteiger partial charge in [-0.3, -0.25) is 0 Å². The lowest BCUT2D eigenvalue weighted by atomic mass is 10.2. The standard InChI is InChI=1S/C16H12ClF3N2O3S/c1-2-26(23,24)10-4-6-14-13(8-10)22-15(25-14)21-9-3-5-12(17)11(7-9)16(18,19)20/h3-8H,2H2,1H3,(H,21,22). The number of alkyl halides is 3. The number of fused-ring (bicyclic) bond motifs is 1. The number of oxazole rings is 1. The highest BCUT2D eigenvalue weighted by molar-refractivity contribution is 7.91. The van der Waals surface area contributed by atoms with Gasteiger partial charge in [0.05, 0.1) is 21.2 Å². The predicted molar refractivity (Wildman–Crippen MR) is 91.5 cm³/mol. The fourth-order valence-electron chi connectivity index (χ4n) is 2.26. The summed E-state index contributed by atoms with van der Waals surface area (Å²) in [5, 5.41) is 2.20. The minimum Gasteiger partial charge on any atom is -0.423 e. The fourth-order valence-corrected chi connectivity index (χ4v) is 3.39. The van der Waals surface area contributed by atoms with E-state index in [1.807, 2.05) is 0 Å². The molecule has 10 heteroatoms. The van der Waals surface area contributed by atoms with Crippen molar-refractivity contribution in [2.75, 3.05) is 11.1 Å². The van der Waals surface area contributed by atoms with Crippen LogP contribution in [0.5, 0.6) is 0 Å². The molecule has 26 heavy (non-hydrogen) atoms. The smallest absolute Gasteiger partial charge is 0.417 e. The highest BCUT2D eigenvalue weighted by Gasteiger charge is 2.33. The van der Waals surface area contributed by atoms with Gasteiger partial charge in [0.15, 0.2) is 15.4 Å². The summed E-state index contributed by atoms with van der Waals surface area (Å²) in [6, 6.07) is 7.41. The van der Waals surface area contributed by atoms with Gasteiger partial charge >= 0.3 is 6.18 Å². The minimum absolute atomic E-state index is 0.0630. The topological polar surface area (TPSA) is 72.2 Å². The van der Waals surface area contributed by atoms with Crippen molar-refractivity contribution in [3.63, 3.8) is 0 Å². The number of rotatable bonds is 4. The zero-order valence-corrected chi connectivity index (χ0v) is 14.8. The maximum Gasteiger partial charge on any atom is 0.417 e. The predicted octanol–water partition coefficient (Wildman–Crippen LogP) is 5.04. The van der Waals surface area contributed by atoms with Gasteiger partial charge < -0.3 is 9.73 Å². The molecule has 5 nitrogen and oxygen atoms in total. The quantitative estimate of drug-likeness (QED) is 0.659. The molecule has 0 aliphatic carbocycles. The maximum atomic E-state index is 12.9. The summed E-state index contributed by atoms with van der Waals surface area (Å²) in [5.41, 5.74) is -0.342. The fraction of sp³-hybridized carbons (Fsp3) is 0.188. The van der Waals surface area contributed by atoms with Gasteiger partial charge in [-0.05, 0) is 36.4 Å². The zero-order valence-electron chi connectivity index (χ0n) is 13.3. The van der Waals surface area contributed by atoms with E-state index in [4.69, 9.17) is 16.0 Å². The van der Waals surface area contributed by atoms with Crippen LogP contribution in [0.1, 0.15) is 12.5 Å². The molecule has 1 heterocycles. The molecule has 0 atom stereocenters. The molecular weight excluding hydrogens is 393 g/mol. The van der Waals surface area contributed by atoms with Crippen LogP contribution in [0.3, 0.4) is 0 Å². The van der Waals surface area contributed by atoms with Crippen LogP contribution >= 0.6 is 11.6 Å². The number of anilines is 2. The molecule has 0 amide bonds. The molecule has 3 aromatic rings. The van der Waals surface area contributed by atoms with Crippen LogP contribution in [-0.4, -0.2) is 19.2 Å². The van der Waals surface area contributed by atoms with Gasteiger partial charge in [0, 0.05) is 5.69 Å². The Morgan fingerprint density at radius 1 is 1.19 bits per heavy atom. The van der Waals surface area contributed by atoms with E-state index in [-0.39, 0.29) is 27.9 Å². The summed E-state index contributed by atoms with van der Waals surface area (Å²) in [6.07, 6.45) is -4.60. The van der Waals surface area contributed by atoms with Crippen LogP contribution < -0.4 is 5.32 Å². The monoisotopic (exact) mass is 404 g/mol. The third-order valence-corrected chi connectivity index (χ3v) is 5.68. The molecule has 2 aromatic carbocycles. The lowest BCUT2D eigenvalue weighted by Crippen LogP contribution is -2.06. The number of aromatic nitrogens is 1. The van der Waals surface area contributed by atoms with Gasteiger partial charge in [0.1, 0.15) is 5.52 Å². The van der Waals surface area contributed by atoms with Crippen LogP contribution in [0, 0.1) is 0 Å². The van der Waals surface area contributed by atoms with Gasteiger partial charge in [-0.15, -0.1) is 0 Å². The molecule has 138 valence electrons. The van der Waals surface area contributed by atoms with E-state index in [2.05, 4.69) is 10.3 Å². The second-order valence-corrected chi connectivity index (χ2v) is 8.05. The first-order valence-electron chi connectivity index (χ1n) is 7.37. The lowest BCUT2D eigenvalue weighted by molar-refractivity contribution is -0.137. The Bertz CT molecular complexity index is 1080. The van der Waals surface area contributed by atoms with Gasteiger partial charge in [-0.1, -0.05) is 18.5 Å². The van der Waals surface area contributed by atoms with Gasteiger partial charge in [-0.2, -0.15) is 18.2 Å². The average Bonchev–Trinajstić information content (AvgIpc) is 2.97. The molecule has 1 aromatic heterocycles. The SMILES string of the molecule is CCS(=O)(=O)c1ccc2oc(Nc3ccc(Cl)c(C(F)(F)F)c3)nc2c1. The molecule has 0 bridgehead atoms. The van der Waals surface area contributed by atoms with E-state index in [0.29, 0.717) is 5.58 Å².